The molecule has 1 aliphatic rings. The number of hydrogen-bond donors (Lipinski definition) is 0. The van der Waals surface area contributed by atoms with Crippen LogP contribution >= 0.6 is 0 Å². The highest BCUT2D eigenvalue weighted by Crippen LogP contribution is 2.38. The Hall–Kier alpha value is -2.42. The second-order valence-electron chi connectivity index (χ2n) is 7.36. The van der Waals surface area contributed by atoms with Crippen LogP contribution in [0.1, 0.15) is 43.7 Å². The first-order valence-corrected chi connectivity index (χ1v) is 9.41. The molecule has 0 amide bonds. The molecule has 0 spiro atoms. The van der Waals surface area contributed by atoms with Crippen molar-refractivity contribution >= 4 is 11.8 Å². The molecule has 3 rings (SSSR count). The molecule has 3 atom stereocenters. The number of cyclic esters (lactones) is 1. The van der Waals surface area contributed by atoms with Gasteiger partial charge in [0.2, 0.25) is 0 Å². The maximum atomic E-state index is 12.9. The molecule has 136 valence electrons. The average Bonchev–Trinajstić information content (AvgIpc) is 2.91. The summed E-state index contributed by atoms with van der Waals surface area (Å²) < 4.78 is 5.49. The number of ether oxygens (including phenoxy) is 1. The van der Waals surface area contributed by atoms with E-state index in [1.807, 2.05) is 48.5 Å². The molecule has 3 heteroatoms. The van der Waals surface area contributed by atoms with Crippen molar-refractivity contribution in [2.45, 2.75) is 45.1 Å². The minimum Gasteiger partial charge on any atom is -0.454 e. The minimum atomic E-state index is -0.681. The van der Waals surface area contributed by atoms with Crippen molar-refractivity contribution in [1.82, 2.24) is 0 Å². The third-order valence-corrected chi connectivity index (χ3v) is 5.17. The Balaban J connectivity index is 1.67. The largest absolute Gasteiger partial charge is 0.454 e. The fourth-order valence-corrected chi connectivity index (χ4v) is 3.89. The molecule has 0 bridgehead atoms. The van der Waals surface area contributed by atoms with Crippen LogP contribution < -0.4 is 0 Å². The molecule has 0 saturated carbocycles. The minimum absolute atomic E-state index is 0.0504. The van der Waals surface area contributed by atoms with Crippen LogP contribution in [-0.4, -0.2) is 17.9 Å². The van der Waals surface area contributed by atoms with Gasteiger partial charge in [-0.1, -0.05) is 74.5 Å². The van der Waals surface area contributed by atoms with Gasteiger partial charge in [0, 0.05) is 5.92 Å². The van der Waals surface area contributed by atoms with E-state index >= 15 is 0 Å². The Morgan fingerprint density at radius 3 is 2.15 bits per heavy atom. The number of carbonyl (C=O) groups is 2. The van der Waals surface area contributed by atoms with E-state index in [9.17, 15) is 9.59 Å². The number of Topliss-reactive ketones (excluding diaryl/α,β-unsaturated/α-hetero) is 1. The second kappa shape index (κ2) is 8.31. The van der Waals surface area contributed by atoms with E-state index in [-0.39, 0.29) is 23.6 Å². The quantitative estimate of drug-likeness (QED) is 0.543. The van der Waals surface area contributed by atoms with Crippen LogP contribution in [0.5, 0.6) is 0 Å². The van der Waals surface area contributed by atoms with E-state index in [1.165, 1.54) is 5.56 Å². The zero-order valence-corrected chi connectivity index (χ0v) is 15.4. The molecule has 1 saturated heterocycles. The summed E-state index contributed by atoms with van der Waals surface area (Å²) in [5.41, 5.74) is 2.27. The van der Waals surface area contributed by atoms with Gasteiger partial charge in [0.05, 0.1) is 0 Å². The number of hydrogen-bond acceptors (Lipinski definition) is 3. The molecule has 1 heterocycles. The normalized spacial score (nSPS) is 21.0. The smallest absolute Gasteiger partial charge is 0.317 e. The van der Waals surface area contributed by atoms with Crippen LogP contribution in [0.3, 0.4) is 0 Å². The van der Waals surface area contributed by atoms with Gasteiger partial charge in [-0.2, -0.15) is 0 Å². The van der Waals surface area contributed by atoms with E-state index in [2.05, 4.69) is 26.0 Å². The predicted molar refractivity (Wildman–Crippen MR) is 102 cm³/mol. The lowest BCUT2D eigenvalue weighted by molar-refractivity contribution is -0.145. The lowest BCUT2D eigenvalue weighted by Gasteiger charge is -2.24. The van der Waals surface area contributed by atoms with E-state index in [0.29, 0.717) is 6.42 Å². The summed E-state index contributed by atoms with van der Waals surface area (Å²) in [6.45, 7) is 4.11. The third kappa shape index (κ3) is 4.04. The molecule has 0 N–H and O–H groups in total. The van der Waals surface area contributed by atoms with Crippen molar-refractivity contribution in [2.75, 3.05) is 0 Å². The third-order valence-electron chi connectivity index (χ3n) is 5.17. The van der Waals surface area contributed by atoms with Crippen LogP contribution in [0, 0.1) is 11.8 Å². The maximum absolute atomic E-state index is 12.9. The Morgan fingerprint density at radius 2 is 1.54 bits per heavy atom. The number of rotatable bonds is 7. The number of aryl methyl sites for hydroxylation is 1. The van der Waals surface area contributed by atoms with E-state index in [1.54, 1.807) is 0 Å². The summed E-state index contributed by atoms with van der Waals surface area (Å²) in [5.74, 6) is -1.04. The summed E-state index contributed by atoms with van der Waals surface area (Å²) in [6, 6.07) is 20.0. The molecule has 0 aliphatic carbocycles. The van der Waals surface area contributed by atoms with Crippen molar-refractivity contribution in [1.29, 1.82) is 0 Å². The van der Waals surface area contributed by atoms with Gasteiger partial charge in [-0.25, -0.2) is 0 Å². The summed E-state index contributed by atoms with van der Waals surface area (Å²) in [7, 11) is 0. The second-order valence-corrected chi connectivity index (χ2v) is 7.36. The topological polar surface area (TPSA) is 43.4 Å². The molecule has 1 fully saturated rings. The highest BCUT2D eigenvalue weighted by Gasteiger charge is 2.48. The van der Waals surface area contributed by atoms with E-state index in [0.717, 1.165) is 18.4 Å². The Kier molecular flexibility index (Phi) is 5.87. The van der Waals surface area contributed by atoms with E-state index in [4.69, 9.17) is 4.74 Å². The Labute approximate surface area is 155 Å². The number of ketones is 1. The molecule has 2 aromatic carbocycles. The lowest BCUT2D eigenvalue weighted by atomic mass is 9.76. The van der Waals surface area contributed by atoms with Crippen molar-refractivity contribution in [2.24, 2.45) is 11.8 Å². The first kappa shape index (κ1) is 18.4. The van der Waals surface area contributed by atoms with Crippen molar-refractivity contribution in [3.05, 3.63) is 71.8 Å². The number of carbonyl (C=O) groups excluding carboxylic acids is 2. The van der Waals surface area contributed by atoms with Gasteiger partial charge in [-0.05, 0) is 36.3 Å². The average molecular weight is 350 g/mol. The van der Waals surface area contributed by atoms with Gasteiger partial charge in [-0.15, -0.1) is 0 Å². The van der Waals surface area contributed by atoms with Crippen molar-refractivity contribution in [3.63, 3.8) is 0 Å². The number of esters is 1. The van der Waals surface area contributed by atoms with Crippen LogP contribution in [0.15, 0.2) is 60.7 Å². The summed E-state index contributed by atoms with van der Waals surface area (Å²) >= 11 is 0. The van der Waals surface area contributed by atoms with Crippen LogP contribution in [-0.2, 0) is 20.7 Å². The standard InChI is InChI=1S/C23H26O3/c1-16(2)20(18-13-7-4-8-14-18)21-22(24)19(26-23(21)25)15-9-12-17-10-5-3-6-11-17/h3-8,10-11,13-14,16,19-21H,9,12,15H2,1-2H3. The van der Waals surface area contributed by atoms with Gasteiger partial charge in [-0.3, -0.25) is 9.59 Å². The van der Waals surface area contributed by atoms with Gasteiger partial charge in [0.1, 0.15) is 5.92 Å². The van der Waals surface area contributed by atoms with Gasteiger partial charge in [0.25, 0.3) is 0 Å². The van der Waals surface area contributed by atoms with Crippen LogP contribution in [0.2, 0.25) is 0 Å². The zero-order chi connectivity index (χ0) is 18.5. The fraction of sp³-hybridized carbons (Fsp3) is 0.391. The molecular weight excluding hydrogens is 324 g/mol. The fourth-order valence-electron chi connectivity index (χ4n) is 3.89. The molecule has 3 nitrogen and oxygen atoms in total. The summed E-state index contributed by atoms with van der Waals surface area (Å²) in [4.78, 5) is 25.4. The van der Waals surface area contributed by atoms with Gasteiger partial charge < -0.3 is 4.74 Å². The first-order valence-electron chi connectivity index (χ1n) is 9.41. The molecule has 26 heavy (non-hydrogen) atoms. The van der Waals surface area contributed by atoms with Gasteiger partial charge in [0.15, 0.2) is 11.9 Å². The van der Waals surface area contributed by atoms with Crippen molar-refractivity contribution in [3.8, 4) is 0 Å². The maximum Gasteiger partial charge on any atom is 0.317 e. The molecule has 3 unspecified atom stereocenters. The van der Waals surface area contributed by atoms with Crippen molar-refractivity contribution < 1.29 is 14.3 Å². The van der Waals surface area contributed by atoms with Crippen LogP contribution in [0.4, 0.5) is 0 Å². The molecule has 0 radical (unpaired) electrons. The number of benzene rings is 2. The molecule has 0 aromatic heterocycles. The van der Waals surface area contributed by atoms with Crippen LogP contribution in [0.25, 0.3) is 0 Å². The lowest BCUT2D eigenvalue weighted by Crippen LogP contribution is -2.29. The summed E-state index contributed by atoms with van der Waals surface area (Å²) in [6.07, 6.45) is 1.72. The molecule has 2 aromatic rings. The monoisotopic (exact) mass is 350 g/mol. The molecule has 1 aliphatic heterocycles. The SMILES string of the molecule is CC(C)C(c1ccccc1)C1C(=O)OC(CCCc2ccccc2)C1=O. The summed E-state index contributed by atoms with van der Waals surface area (Å²) in [5, 5.41) is 0. The highest BCUT2D eigenvalue weighted by atomic mass is 16.6. The van der Waals surface area contributed by atoms with Gasteiger partial charge >= 0.3 is 5.97 Å². The zero-order valence-electron chi connectivity index (χ0n) is 15.4. The highest BCUT2D eigenvalue weighted by molar-refractivity contribution is 6.07. The Morgan fingerprint density at radius 1 is 0.923 bits per heavy atom. The van der Waals surface area contributed by atoms with E-state index < -0.39 is 12.0 Å². The Bertz CT molecular complexity index is 737. The predicted octanol–water partition coefficient (Wildman–Crippen LogP) is 4.56. The molecular formula is C23H26O3. The first-order chi connectivity index (χ1) is 12.6.